The number of urea groups is 1. The van der Waals surface area contributed by atoms with Gasteiger partial charge in [-0.25, -0.2) is 4.79 Å². The van der Waals surface area contributed by atoms with Gasteiger partial charge in [0.1, 0.15) is 0 Å². The number of rotatable bonds is 6. The summed E-state index contributed by atoms with van der Waals surface area (Å²) < 4.78 is 0. The average molecular weight is 325 g/mol. The van der Waals surface area contributed by atoms with E-state index in [9.17, 15) is 9.59 Å². The second-order valence-electron chi connectivity index (χ2n) is 5.93. The fourth-order valence-corrected chi connectivity index (χ4v) is 2.38. The van der Waals surface area contributed by atoms with E-state index >= 15 is 0 Å². The Labute approximate surface area is 142 Å². The Morgan fingerprint density at radius 1 is 1.04 bits per heavy atom. The van der Waals surface area contributed by atoms with Gasteiger partial charge in [-0.1, -0.05) is 42.5 Å². The summed E-state index contributed by atoms with van der Waals surface area (Å²) in [7, 11) is 0. The summed E-state index contributed by atoms with van der Waals surface area (Å²) in [4.78, 5) is 25.5. The zero-order chi connectivity index (χ0) is 17.5. The Balaban J connectivity index is 2.00. The van der Waals surface area contributed by atoms with Crippen molar-refractivity contribution in [3.63, 3.8) is 0 Å². The lowest BCUT2D eigenvalue weighted by molar-refractivity contribution is 0.1000. The van der Waals surface area contributed by atoms with E-state index < -0.39 is 5.91 Å². The molecule has 0 unspecified atom stereocenters. The summed E-state index contributed by atoms with van der Waals surface area (Å²) in [5.74, 6) is -0.476. The van der Waals surface area contributed by atoms with Crippen LogP contribution in [0.15, 0.2) is 54.6 Å². The van der Waals surface area contributed by atoms with Gasteiger partial charge in [-0.15, -0.1) is 0 Å². The second kappa shape index (κ2) is 8.15. The van der Waals surface area contributed by atoms with Crippen molar-refractivity contribution in [2.45, 2.75) is 33.0 Å². The lowest BCUT2D eigenvalue weighted by Crippen LogP contribution is -2.43. The van der Waals surface area contributed by atoms with Gasteiger partial charge in [0.25, 0.3) is 0 Å². The lowest BCUT2D eigenvalue weighted by atomic mass is 10.1. The zero-order valence-corrected chi connectivity index (χ0v) is 14.0. The maximum atomic E-state index is 12.5. The number of primary amides is 1. The number of hydrogen-bond donors (Lipinski definition) is 2. The van der Waals surface area contributed by atoms with E-state index in [0.29, 0.717) is 18.7 Å². The van der Waals surface area contributed by atoms with Crippen LogP contribution >= 0.6 is 0 Å². The molecule has 0 aromatic heterocycles. The number of nitrogens with two attached hydrogens (primary N) is 1. The predicted octanol–water partition coefficient (Wildman–Crippen LogP) is 2.91. The van der Waals surface area contributed by atoms with Crippen molar-refractivity contribution >= 4 is 11.9 Å². The van der Waals surface area contributed by atoms with Crippen LogP contribution in [0.5, 0.6) is 0 Å². The maximum Gasteiger partial charge on any atom is 0.318 e. The molecule has 2 rings (SSSR count). The minimum Gasteiger partial charge on any atom is -0.366 e. The first-order chi connectivity index (χ1) is 11.5. The molecule has 0 bridgehead atoms. The molecule has 0 heterocycles. The SMILES string of the molecule is CC(C)N(Cc1ccccc1)C(=O)NCc1cccc(C(N)=O)c1. The van der Waals surface area contributed by atoms with Gasteiger partial charge in [0.2, 0.25) is 5.91 Å². The summed E-state index contributed by atoms with van der Waals surface area (Å²) in [6.45, 7) is 4.86. The van der Waals surface area contributed by atoms with Gasteiger partial charge < -0.3 is 16.0 Å². The van der Waals surface area contributed by atoms with Crippen LogP contribution in [-0.4, -0.2) is 22.9 Å². The standard InChI is InChI=1S/C19H23N3O2/c1-14(2)22(13-15-7-4-3-5-8-15)19(24)21-12-16-9-6-10-17(11-16)18(20)23/h3-11,14H,12-13H2,1-2H3,(H2,20,23)(H,21,24). The van der Waals surface area contributed by atoms with E-state index in [4.69, 9.17) is 5.73 Å². The number of nitrogens with zero attached hydrogens (tertiary/aromatic N) is 1. The monoisotopic (exact) mass is 325 g/mol. The van der Waals surface area contributed by atoms with Crippen LogP contribution in [0, 0.1) is 0 Å². The third-order valence-electron chi connectivity index (χ3n) is 3.74. The van der Waals surface area contributed by atoms with Crippen molar-refractivity contribution in [1.29, 1.82) is 0 Å². The second-order valence-corrected chi connectivity index (χ2v) is 5.93. The molecule has 24 heavy (non-hydrogen) atoms. The third kappa shape index (κ3) is 4.84. The van der Waals surface area contributed by atoms with Crippen LogP contribution in [0.25, 0.3) is 0 Å². The lowest BCUT2D eigenvalue weighted by Gasteiger charge is -2.27. The highest BCUT2D eigenvalue weighted by Gasteiger charge is 2.17. The molecule has 0 fully saturated rings. The van der Waals surface area contributed by atoms with E-state index in [0.717, 1.165) is 11.1 Å². The summed E-state index contributed by atoms with van der Waals surface area (Å²) >= 11 is 0. The molecular formula is C19H23N3O2. The first-order valence-electron chi connectivity index (χ1n) is 7.94. The molecule has 0 saturated carbocycles. The van der Waals surface area contributed by atoms with Crippen LogP contribution in [0.4, 0.5) is 4.79 Å². The number of hydrogen-bond acceptors (Lipinski definition) is 2. The highest BCUT2D eigenvalue weighted by atomic mass is 16.2. The number of nitrogens with one attached hydrogen (secondary N) is 1. The molecule has 0 saturated heterocycles. The van der Waals surface area contributed by atoms with Gasteiger partial charge in [-0.05, 0) is 37.1 Å². The molecule has 0 spiro atoms. The molecule has 3 amide bonds. The van der Waals surface area contributed by atoms with E-state index in [-0.39, 0.29) is 12.1 Å². The van der Waals surface area contributed by atoms with Crippen LogP contribution in [-0.2, 0) is 13.1 Å². The van der Waals surface area contributed by atoms with E-state index in [1.165, 1.54) is 0 Å². The number of amides is 3. The van der Waals surface area contributed by atoms with Crippen LogP contribution in [0.2, 0.25) is 0 Å². The Hall–Kier alpha value is -2.82. The van der Waals surface area contributed by atoms with Crippen molar-refractivity contribution in [1.82, 2.24) is 10.2 Å². The number of carbonyl (C=O) groups is 2. The molecule has 126 valence electrons. The predicted molar refractivity (Wildman–Crippen MR) is 94.3 cm³/mol. The summed E-state index contributed by atoms with van der Waals surface area (Å²) in [6, 6.07) is 16.8. The highest BCUT2D eigenvalue weighted by molar-refractivity contribution is 5.92. The molecule has 0 aliphatic rings. The molecular weight excluding hydrogens is 302 g/mol. The van der Waals surface area contributed by atoms with E-state index in [2.05, 4.69) is 5.32 Å². The minimum atomic E-state index is -0.476. The van der Waals surface area contributed by atoms with Gasteiger partial charge in [0.15, 0.2) is 0 Å². The first-order valence-corrected chi connectivity index (χ1v) is 7.94. The zero-order valence-electron chi connectivity index (χ0n) is 14.0. The van der Waals surface area contributed by atoms with Gasteiger partial charge in [-0.3, -0.25) is 4.79 Å². The van der Waals surface area contributed by atoms with Crippen LogP contribution in [0.1, 0.15) is 35.3 Å². The largest absolute Gasteiger partial charge is 0.366 e. The van der Waals surface area contributed by atoms with Crippen molar-refractivity contribution in [3.05, 3.63) is 71.3 Å². The topological polar surface area (TPSA) is 75.4 Å². The van der Waals surface area contributed by atoms with E-state index in [1.807, 2.05) is 50.2 Å². The summed E-state index contributed by atoms with van der Waals surface area (Å²) in [6.07, 6.45) is 0. The molecule has 2 aromatic carbocycles. The van der Waals surface area contributed by atoms with Gasteiger partial charge >= 0.3 is 6.03 Å². The molecule has 3 N–H and O–H groups in total. The molecule has 0 atom stereocenters. The molecule has 0 aliphatic carbocycles. The van der Waals surface area contributed by atoms with Crippen molar-refractivity contribution in [3.8, 4) is 0 Å². The van der Waals surface area contributed by atoms with E-state index in [1.54, 1.807) is 23.1 Å². The minimum absolute atomic E-state index is 0.0714. The normalized spacial score (nSPS) is 10.5. The molecule has 0 radical (unpaired) electrons. The van der Waals surface area contributed by atoms with Gasteiger partial charge in [-0.2, -0.15) is 0 Å². The Morgan fingerprint density at radius 3 is 2.33 bits per heavy atom. The third-order valence-corrected chi connectivity index (χ3v) is 3.74. The molecule has 0 aliphatic heterocycles. The van der Waals surface area contributed by atoms with Crippen LogP contribution < -0.4 is 11.1 Å². The molecule has 2 aromatic rings. The van der Waals surface area contributed by atoms with Crippen LogP contribution in [0.3, 0.4) is 0 Å². The quantitative estimate of drug-likeness (QED) is 0.857. The Morgan fingerprint density at radius 2 is 1.71 bits per heavy atom. The molecule has 5 heteroatoms. The van der Waals surface area contributed by atoms with Crippen molar-refractivity contribution in [2.75, 3.05) is 0 Å². The Bertz CT molecular complexity index is 699. The summed E-state index contributed by atoms with van der Waals surface area (Å²) in [5.41, 5.74) is 7.63. The number of benzene rings is 2. The highest BCUT2D eigenvalue weighted by Crippen LogP contribution is 2.09. The average Bonchev–Trinajstić information content (AvgIpc) is 2.58. The number of carbonyl (C=O) groups excluding carboxylic acids is 2. The summed E-state index contributed by atoms with van der Waals surface area (Å²) in [5, 5.41) is 2.90. The Kier molecular flexibility index (Phi) is 5.95. The van der Waals surface area contributed by atoms with Gasteiger partial charge in [0.05, 0.1) is 0 Å². The van der Waals surface area contributed by atoms with Crippen molar-refractivity contribution < 1.29 is 9.59 Å². The fourth-order valence-electron chi connectivity index (χ4n) is 2.38. The first kappa shape index (κ1) is 17.5. The fraction of sp³-hybridized carbons (Fsp3) is 0.263. The van der Waals surface area contributed by atoms with Crippen molar-refractivity contribution in [2.24, 2.45) is 5.73 Å². The maximum absolute atomic E-state index is 12.5. The van der Waals surface area contributed by atoms with Gasteiger partial charge in [0, 0.05) is 24.7 Å². The smallest absolute Gasteiger partial charge is 0.318 e. The molecule has 5 nitrogen and oxygen atoms in total.